The van der Waals surface area contributed by atoms with Gasteiger partial charge in [0.25, 0.3) is 5.91 Å². The van der Waals surface area contributed by atoms with Crippen molar-refractivity contribution in [1.82, 2.24) is 4.57 Å². The predicted molar refractivity (Wildman–Crippen MR) is 69.8 cm³/mol. The van der Waals surface area contributed by atoms with Crippen molar-refractivity contribution < 1.29 is 9.18 Å². The topological polar surface area (TPSA) is 34.0 Å². The summed E-state index contributed by atoms with van der Waals surface area (Å²) in [5, 5.41) is 2.33. The molecular formula is C12H9Cl2FN2O. The Morgan fingerprint density at radius 1 is 1.33 bits per heavy atom. The fourth-order valence-electron chi connectivity index (χ4n) is 1.52. The lowest BCUT2D eigenvalue weighted by atomic mass is 10.3. The number of rotatable bonds is 2. The molecule has 0 saturated heterocycles. The van der Waals surface area contributed by atoms with E-state index in [0.717, 1.165) is 0 Å². The average Bonchev–Trinajstić information content (AvgIpc) is 2.72. The van der Waals surface area contributed by atoms with E-state index in [0.29, 0.717) is 11.4 Å². The van der Waals surface area contributed by atoms with Gasteiger partial charge in [-0.15, -0.1) is 0 Å². The number of carbonyl (C=O) groups excluding carboxylic acids is 1. The second-order valence-electron chi connectivity index (χ2n) is 3.71. The average molecular weight is 287 g/mol. The van der Waals surface area contributed by atoms with E-state index in [4.69, 9.17) is 23.2 Å². The maximum Gasteiger partial charge on any atom is 0.272 e. The number of hydrogen-bond donors (Lipinski definition) is 1. The Balaban J connectivity index is 2.25. The minimum atomic E-state index is -0.699. The molecule has 3 nitrogen and oxygen atoms in total. The van der Waals surface area contributed by atoms with Crippen molar-refractivity contribution in [1.29, 1.82) is 0 Å². The van der Waals surface area contributed by atoms with Crippen LogP contribution in [0.4, 0.5) is 10.1 Å². The molecule has 18 heavy (non-hydrogen) atoms. The second-order valence-corrected chi connectivity index (χ2v) is 4.53. The van der Waals surface area contributed by atoms with E-state index < -0.39 is 5.82 Å². The molecule has 1 heterocycles. The number of aromatic nitrogens is 1. The van der Waals surface area contributed by atoms with Crippen LogP contribution in [0.3, 0.4) is 0 Å². The van der Waals surface area contributed by atoms with E-state index in [2.05, 4.69) is 5.32 Å². The summed E-state index contributed by atoms with van der Waals surface area (Å²) in [5.74, 6) is -1.02. The summed E-state index contributed by atoms with van der Waals surface area (Å²) in [4.78, 5) is 11.9. The van der Waals surface area contributed by atoms with Gasteiger partial charge < -0.3 is 9.88 Å². The highest BCUT2D eigenvalue weighted by Crippen LogP contribution is 2.27. The minimum Gasteiger partial charge on any atom is -0.347 e. The molecule has 6 heteroatoms. The summed E-state index contributed by atoms with van der Waals surface area (Å²) in [7, 11) is 1.75. The number of hydrogen-bond acceptors (Lipinski definition) is 1. The quantitative estimate of drug-likeness (QED) is 0.839. The van der Waals surface area contributed by atoms with Crippen molar-refractivity contribution in [2.45, 2.75) is 0 Å². The van der Waals surface area contributed by atoms with Gasteiger partial charge in [-0.05, 0) is 24.3 Å². The standard InChI is InChI=1S/C12H9Cl2FN2O/c1-17-4-2-3-10(17)12(18)16-7-5-8(13)11(15)9(14)6-7/h2-6H,1H3,(H,16,18). The van der Waals surface area contributed by atoms with Crippen LogP contribution in [0.2, 0.25) is 10.0 Å². The van der Waals surface area contributed by atoms with E-state index >= 15 is 0 Å². The number of nitrogens with one attached hydrogen (secondary N) is 1. The molecule has 0 spiro atoms. The first kappa shape index (κ1) is 12.9. The molecular weight excluding hydrogens is 278 g/mol. The summed E-state index contributed by atoms with van der Waals surface area (Å²) in [6, 6.07) is 6.04. The molecule has 1 aromatic heterocycles. The van der Waals surface area contributed by atoms with Crippen LogP contribution in [0.1, 0.15) is 10.5 Å². The maximum absolute atomic E-state index is 13.2. The summed E-state index contributed by atoms with van der Waals surface area (Å²) in [6.45, 7) is 0. The van der Waals surface area contributed by atoms with Gasteiger partial charge in [0.05, 0.1) is 10.0 Å². The number of aryl methyl sites for hydroxylation is 1. The number of benzene rings is 1. The van der Waals surface area contributed by atoms with Crippen molar-refractivity contribution in [2.24, 2.45) is 7.05 Å². The number of carbonyl (C=O) groups is 1. The van der Waals surface area contributed by atoms with Crippen LogP contribution in [-0.2, 0) is 7.05 Å². The smallest absolute Gasteiger partial charge is 0.272 e. The monoisotopic (exact) mass is 286 g/mol. The van der Waals surface area contributed by atoms with Crippen molar-refractivity contribution in [3.05, 3.63) is 52.0 Å². The Morgan fingerprint density at radius 3 is 2.44 bits per heavy atom. The first-order valence-corrected chi connectivity index (χ1v) is 5.82. The van der Waals surface area contributed by atoms with Gasteiger partial charge in [-0.3, -0.25) is 4.79 Å². The number of halogens is 3. The Hall–Kier alpha value is -1.52. The third-order valence-electron chi connectivity index (χ3n) is 2.42. The Kier molecular flexibility index (Phi) is 3.59. The molecule has 0 radical (unpaired) electrons. The SMILES string of the molecule is Cn1cccc1C(=O)Nc1cc(Cl)c(F)c(Cl)c1. The maximum atomic E-state index is 13.2. The van der Waals surface area contributed by atoms with E-state index in [1.807, 2.05) is 0 Å². The van der Waals surface area contributed by atoms with Crippen LogP contribution in [-0.4, -0.2) is 10.5 Å². The van der Waals surface area contributed by atoms with Gasteiger partial charge in [0.2, 0.25) is 0 Å². The largest absolute Gasteiger partial charge is 0.347 e. The van der Waals surface area contributed by atoms with Gasteiger partial charge in [0, 0.05) is 18.9 Å². The minimum absolute atomic E-state index is 0.135. The zero-order valence-corrected chi connectivity index (χ0v) is 10.9. The first-order chi connectivity index (χ1) is 8.49. The van der Waals surface area contributed by atoms with Crippen molar-refractivity contribution >= 4 is 34.8 Å². The molecule has 0 bridgehead atoms. The molecule has 0 fully saturated rings. The van der Waals surface area contributed by atoms with Crippen molar-refractivity contribution in [2.75, 3.05) is 5.32 Å². The highest BCUT2D eigenvalue weighted by atomic mass is 35.5. The number of nitrogens with zero attached hydrogens (tertiary/aromatic N) is 1. The van der Waals surface area contributed by atoms with Crippen LogP contribution in [0, 0.1) is 5.82 Å². The van der Waals surface area contributed by atoms with Gasteiger partial charge >= 0.3 is 0 Å². The summed E-state index contributed by atoms with van der Waals surface area (Å²) < 4.78 is 14.9. The van der Waals surface area contributed by atoms with Crippen LogP contribution < -0.4 is 5.32 Å². The van der Waals surface area contributed by atoms with Gasteiger partial charge in [-0.2, -0.15) is 0 Å². The third-order valence-corrected chi connectivity index (χ3v) is 2.97. The van der Waals surface area contributed by atoms with E-state index in [9.17, 15) is 9.18 Å². The zero-order valence-electron chi connectivity index (χ0n) is 9.38. The normalized spacial score (nSPS) is 10.4. The first-order valence-electron chi connectivity index (χ1n) is 5.06. The molecule has 2 rings (SSSR count). The second kappa shape index (κ2) is 5.00. The van der Waals surface area contributed by atoms with Crippen LogP contribution >= 0.6 is 23.2 Å². The molecule has 1 amide bonds. The molecule has 0 saturated carbocycles. The molecule has 1 N–H and O–H groups in total. The highest BCUT2D eigenvalue weighted by molar-refractivity contribution is 6.35. The van der Waals surface area contributed by atoms with E-state index in [1.54, 1.807) is 29.9 Å². The molecule has 0 aliphatic heterocycles. The molecule has 0 aliphatic rings. The Morgan fingerprint density at radius 2 is 1.94 bits per heavy atom. The lowest BCUT2D eigenvalue weighted by Gasteiger charge is -2.07. The zero-order chi connectivity index (χ0) is 13.3. The van der Waals surface area contributed by atoms with Crippen LogP contribution in [0.15, 0.2) is 30.5 Å². The molecule has 2 aromatic rings. The van der Waals surface area contributed by atoms with Crippen LogP contribution in [0.5, 0.6) is 0 Å². The summed E-state index contributed by atoms with van der Waals surface area (Å²) in [6.07, 6.45) is 1.75. The number of amides is 1. The predicted octanol–water partition coefficient (Wildman–Crippen LogP) is 3.72. The fourth-order valence-corrected chi connectivity index (χ4v) is 2.01. The highest BCUT2D eigenvalue weighted by Gasteiger charge is 2.12. The number of anilines is 1. The van der Waals surface area contributed by atoms with Gasteiger partial charge in [0.1, 0.15) is 5.69 Å². The van der Waals surface area contributed by atoms with Crippen LogP contribution in [0.25, 0.3) is 0 Å². The Bertz CT molecular complexity index is 587. The van der Waals surface area contributed by atoms with Crippen molar-refractivity contribution in [3.8, 4) is 0 Å². The van der Waals surface area contributed by atoms with E-state index in [-0.39, 0.29) is 16.0 Å². The lowest BCUT2D eigenvalue weighted by molar-refractivity contribution is 0.101. The third kappa shape index (κ3) is 2.49. The van der Waals surface area contributed by atoms with E-state index in [1.165, 1.54) is 12.1 Å². The molecule has 0 aliphatic carbocycles. The molecule has 1 aromatic carbocycles. The molecule has 0 unspecified atom stereocenters. The van der Waals surface area contributed by atoms with Crippen molar-refractivity contribution in [3.63, 3.8) is 0 Å². The Labute approximate surface area is 113 Å². The molecule has 0 atom stereocenters. The van der Waals surface area contributed by atoms with Gasteiger partial charge in [0.15, 0.2) is 5.82 Å². The summed E-state index contributed by atoms with van der Waals surface area (Å²) in [5.41, 5.74) is 0.823. The van der Waals surface area contributed by atoms with Gasteiger partial charge in [-0.1, -0.05) is 23.2 Å². The molecule has 94 valence electrons. The lowest BCUT2D eigenvalue weighted by Crippen LogP contribution is -2.15. The fraction of sp³-hybridized carbons (Fsp3) is 0.0833. The summed E-state index contributed by atoms with van der Waals surface area (Å²) >= 11 is 11.3. The van der Waals surface area contributed by atoms with Gasteiger partial charge in [-0.25, -0.2) is 4.39 Å².